The number of hydrogen-bond donors (Lipinski definition) is 1. The highest BCUT2D eigenvalue weighted by atomic mass is 79.9. The summed E-state index contributed by atoms with van der Waals surface area (Å²) in [6.45, 7) is 3.67. The summed E-state index contributed by atoms with van der Waals surface area (Å²) < 4.78 is 6.13. The molecule has 0 spiro atoms. The summed E-state index contributed by atoms with van der Waals surface area (Å²) in [5, 5.41) is 0. The van der Waals surface area contributed by atoms with Gasteiger partial charge in [0, 0.05) is 10.5 Å². The molecule has 1 rings (SSSR count). The zero-order valence-corrected chi connectivity index (χ0v) is 9.75. The van der Waals surface area contributed by atoms with Crippen molar-refractivity contribution in [3.05, 3.63) is 40.9 Å². The molecular weight excluding hydrogens is 242 g/mol. The van der Waals surface area contributed by atoms with Crippen molar-refractivity contribution >= 4 is 15.9 Å². The fourth-order valence-electron chi connectivity index (χ4n) is 1.23. The van der Waals surface area contributed by atoms with Crippen molar-refractivity contribution in [2.24, 2.45) is 5.73 Å². The zero-order chi connectivity index (χ0) is 10.6. The van der Waals surface area contributed by atoms with E-state index in [0.717, 1.165) is 22.2 Å². The van der Waals surface area contributed by atoms with Gasteiger partial charge in [0.15, 0.2) is 0 Å². The molecule has 0 aromatic heterocycles. The van der Waals surface area contributed by atoms with Gasteiger partial charge in [-0.2, -0.15) is 0 Å². The van der Waals surface area contributed by atoms with Crippen LogP contribution in [0.15, 0.2) is 35.3 Å². The second kappa shape index (κ2) is 5.17. The van der Waals surface area contributed by atoms with E-state index in [9.17, 15) is 0 Å². The summed E-state index contributed by atoms with van der Waals surface area (Å²) in [6, 6.07) is 5.83. The Hall–Kier alpha value is -0.800. The third-order valence-corrected chi connectivity index (χ3v) is 2.44. The van der Waals surface area contributed by atoms with Crippen molar-refractivity contribution in [2.75, 3.05) is 7.11 Å². The monoisotopic (exact) mass is 255 g/mol. The molecule has 0 bridgehead atoms. The van der Waals surface area contributed by atoms with Crippen LogP contribution >= 0.6 is 15.9 Å². The standard InChI is InChI=1S/C11H14BrNO/c1-3-4-11(13)8-5-9(12)7-10(6-8)14-2/h3,5-7,11H,1,4,13H2,2H3/t11-/m0/s1. The van der Waals surface area contributed by atoms with Gasteiger partial charge in [-0.05, 0) is 30.2 Å². The van der Waals surface area contributed by atoms with Crippen LogP contribution in [-0.4, -0.2) is 7.11 Å². The van der Waals surface area contributed by atoms with Crippen molar-refractivity contribution < 1.29 is 4.74 Å². The molecule has 1 aromatic carbocycles. The number of benzene rings is 1. The molecular formula is C11H14BrNO. The van der Waals surface area contributed by atoms with Gasteiger partial charge in [0.25, 0.3) is 0 Å². The quantitative estimate of drug-likeness (QED) is 0.840. The van der Waals surface area contributed by atoms with Crippen LogP contribution in [0.3, 0.4) is 0 Å². The van der Waals surface area contributed by atoms with Gasteiger partial charge in [-0.1, -0.05) is 22.0 Å². The van der Waals surface area contributed by atoms with E-state index in [0.29, 0.717) is 0 Å². The Bertz CT molecular complexity index is 325. The second-order valence-corrected chi connectivity index (χ2v) is 3.97. The number of ether oxygens (including phenoxy) is 1. The van der Waals surface area contributed by atoms with E-state index in [-0.39, 0.29) is 6.04 Å². The maximum Gasteiger partial charge on any atom is 0.120 e. The van der Waals surface area contributed by atoms with Crippen LogP contribution in [0.5, 0.6) is 5.75 Å². The average Bonchev–Trinajstić information content (AvgIpc) is 2.17. The van der Waals surface area contributed by atoms with E-state index in [2.05, 4.69) is 22.5 Å². The first-order valence-corrected chi connectivity index (χ1v) is 5.17. The lowest BCUT2D eigenvalue weighted by Crippen LogP contribution is -2.09. The van der Waals surface area contributed by atoms with E-state index < -0.39 is 0 Å². The summed E-state index contributed by atoms with van der Waals surface area (Å²) in [5.41, 5.74) is 7.00. The summed E-state index contributed by atoms with van der Waals surface area (Å²) in [6.07, 6.45) is 2.58. The third kappa shape index (κ3) is 2.86. The minimum Gasteiger partial charge on any atom is -0.497 e. The Balaban J connectivity index is 2.96. The fourth-order valence-corrected chi connectivity index (χ4v) is 1.72. The number of halogens is 1. The summed E-state index contributed by atoms with van der Waals surface area (Å²) in [5.74, 6) is 0.814. The lowest BCUT2D eigenvalue weighted by atomic mass is 10.0. The van der Waals surface area contributed by atoms with Crippen molar-refractivity contribution in [2.45, 2.75) is 12.5 Å². The number of nitrogens with two attached hydrogens (primary N) is 1. The Labute approximate surface area is 92.9 Å². The molecule has 0 aliphatic heterocycles. The van der Waals surface area contributed by atoms with E-state index in [1.807, 2.05) is 24.3 Å². The van der Waals surface area contributed by atoms with Gasteiger partial charge in [-0.25, -0.2) is 0 Å². The lowest BCUT2D eigenvalue weighted by Gasteiger charge is -2.11. The van der Waals surface area contributed by atoms with Crippen LogP contribution in [0, 0.1) is 0 Å². The highest BCUT2D eigenvalue weighted by Crippen LogP contribution is 2.25. The van der Waals surface area contributed by atoms with E-state index >= 15 is 0 Å². The molecule has 0 aliphatic carbocycles. The number of methoxy groups -OCH3 is 1. The molecule has 0 radical (unpaired) electrons. The van der Waals surface area contributed by atoms with Crippen LogP contribution in [0.2, 0.25) is 0 Å². The average molecular weight is 256 g/mol. The smallest absolute Gasteiger partial charge is 0.120 e. The number of hydrogen-bond acceptors (Lipinski definition) is 2. The molecule has 1 aromatic rings. The molecule has 0 saturated carbocycles. The maximum absolute atomic E-state index is 5.95. The van der Waals surface area contributed by atoms with E-state index in [4.69, 9.17) is 10.5 Å². The zero-order valence-electron chi connectivity index (χ0n) is 8.16. The Morgan fingerprint density at radius 2 is 2.29 bits per heavy atom. The first kappa shape index (κ1) is 11.3. The first-order valence-electron chi connectivity index (χ1n) is 4.38. The van der Waals surface area contributed by atoms with E-state index in [1.165, 1.54) is 0 Å². The van der Waals surface area contributed by atoms with Crippen LogP contribution < -0.4 is 10.5 Å². The van der Waals surface area contributed by atoms with Gasteiger partial charge < -0.3 is 10.5 Å². The van der Waals surface area contributed by atoms with Crippen LogP contribution in [0.25, 0.3) is 0 Å². The van der Waals surface area contributed by atoms with Gasteiger partial charge in [-0.15, -0.1) is 6.58 Å². The maximum atomic E-state index is 5.95. The number of rotatable bonds is 4. The molecule has 1 atom stereocenters. The highest BCUT2D eigenvalue weighted by molar-refractivity contribution is 9.10. The predicted octanol–water partition coefficient (Wildman–Crippen LogP) is 3.03. The summed E-state index contributed by atoms with van der Waals surface area (Å²) in [4.78, 5) is 0. The molecule has 76 valence electrons. The molecule has 2 nitrogen and oxygen atoms in total. The van der Waals surface area contributed by atoms with Crippen molar-refractivity contribution in [3.8, 4) is 5.75 Å². The molecule has 14 heavy (non-hydrogen) atoms. The van der Waals surface area contributed by atoms with Gasteiger partial charge in [-0.3, -0.25) is 0 Å². The highest BCUT2D eigenvalue weighted by Gasteiger charge is 2.06. The second-order valence-electron chi connectivity index (χ2n) is 3.06. The largest absolute Gasteiger partial charge is 0.497 e. The van der Waals surface area contributed by atoms with Gasteiger partial charge in [0.05, 0.1) is 7.11 Å². The van der Waals surface area contributed by atoms with Crippen LogP contribution in [0.1, 0.15) is 18.0 Å². The fraction of sp³-hybridized carbons (Fsp3) is 0.273. The molecule has 0 unspecified atom stereocenters. The normalized spacial score (nSPS) is 12.2. The van der Waals surface area contributed by atoms with Crippen molar-refractivity contribution in [3.63, 3.8) is 0 Å². The molecule has 0 aliphatic rings. The molecule has 2 N–H and O–H groups in total. The van der Waals surface area contributed by atoms with E-state index in [1.54, 1.807) is 7.11 Å². The van der Waals surface area contributed by atoms with Crippen molar-refractivity contribution in [1.82, 2.24) is 0 Å². The van der Waals surface area contributed by atoms with Crippen LogP contribution in [-0.2, 0) is 0 Å². The summed E-state index contributed by atoms with van der Waals surface area (Å²) >= 11 is 3.41. The minimum atomic E-state index is -0.0149. The van der Waals surface area contributed by atoms with Gasteiger partial charge in [0.1, 0.15) is 5.75 Å². The minimum absolute atomic E-state index is 0.0149. The third-order valence-electron chi connectivity index (χ3n) is 1.98. The summed E-state index contributed by atoms with van der Waals surface area (Å²) in [7, 11) is 1.64. The molecule has 0 heterocycles. The molecule has 0 amide bonds. The SMILES string of the molecule is C=CC[C@H](N)c1cc(Br)cc(OC)c1. The molecule has 3 heteroatoms. The Morgan fingerprint density at radius 1 is 1.57 bits per heavy atom. The Kier molecular flexibility index (Phi) is 4.17. The molecule has 0 fully saturated rings. The van der Waals surface area contributed by atoms with Gasteiger partial charge in [0.2, 0.25) is 0 Å². The topological polar surface area (TPSA) is 35.2 Å². The Morgan fingerprint density at radius 3 is 2.86 bits per heavy atom. The first-order chi connectivity index (χ1) is 6.67. The lowest BCUT2D eigenvalue weighted by molar-refractivity contribution is 0.413. The van der Waals surface area contributed by atoms with Gasteiger partial charge >= 0.3 is 0 Å². The molecule has 0 saturated heterocycles. The predicted molar refractivity (Wildman–Crippen MR) is 62.4 cm³/mol. The van der Waals surface area contributed by atoms with Crippen LogP contribution in [0.4, 0.5) is 0 Å². The van der Waals surface area contributed by atoms with Crippen molar-refractivity contribution in [1.29, 1.82) is 0 Å².